The summed E-state index contributed by atoms with van der Waals surface area (Å²) in [5, 5.41) is 16.7. The molecule has 0 bridgehead atoms. The number of hydrogen-bond acceptors (Lipinski definition) is 5. The minimum Gasteiger partial charge on any atom is -0.497 e. The third kappa shape index (κ3) is 3.84. The quantitative estimate of drug-likeness (QED) is 0.433. The molecule has 0 heterocycles. The Morgan fingerprint density at radius 3 is 2.65 bits per heavy atom. The van der Waals surface area contributed by atoms with Gasteiger partial charge in [0, 0.05) is 17.7 Å². The molecule has 0 aliphatic rings. The molecule has 1 N–H and O–H groups in total. The predicted molar refractivity (Wildman–Crippen MR) is 98.7 cm³/mol. The van der Waals surface area contributed by atoms with Crippen LogP contribution in [-0.2, 0) is 0 Å². The highest BCUT2D eigenvalue weighted by Crippen LogP contribution is 2.21. The molecule has 3 rings (SSSR count). The number of rotatable bonds is 5. The highest BCUT2D eigenvalue weighted by Gasteiger charge is 2.10. The fourth-order valence-corrected chi connectivity index (χ4v) is 2.44. The van der Waals surface area contributed by atoms with Crippen molar-refractivity contribution in [2.75, 3.05) is 7.11 Å². The Labute approximate surface area is 149 Å². The number of carbonyl (C=O) groups excluding carboxylic acids is 1. The lowest BCUT2D eigenvalue weighted by Crippen LogP contribution is -2.17. The van der Waals surface area contributed by atoms with Crippen LogP contribution in [0.25, 0.3) is 10.8 Å². The van der Waals surface area contributed by atoms with E-state index in [2.05, 4.69) is 10.5 Å². The number of hydrogen-bond donors (Lipinski definition) is 1. The van der Waals surface area contributed by atoms with Crippen LogP contribution in [0.5, 0.6) is 5.75 Å². The summed E-state index contributed by atoms with van der Waals surface area (Å²) in [4.78, 5) is 22.2. The number of non-ortho nitro benzene ring substituents is 1. The number of methoxy groups -OCH3 is 1. The van der Waals surface area contributed by atoms with Crippen LogP contribution in [0.2, 0.25) is 0 Å². The minimum atomic E-state index is -0.551. The summed E-state index contributed by atoms with van der Waals surface area (Å²) in [7, 11) is 1.62. The van der Waals surface area contributed by atoms with Gasteiger partial charge in [-0.15, -0.1) is 0 Å². The van der Waals surface area contributed by atoms with Crippen LogP contribution < -0.4 is 10.2 Å². The van der Waals surface area contributed by atoms with Crippen molar-refractivity contribution in [1.82, 2.24) is 5.43 Å². The Morgan fingerprint density at radius 2 is 1.88 bits per heavy atom. The van der Waals surface area contributed by atoms with Gasteiger partial charge in [-0.3, -0.25) is 14.9 Å². The van der Waals surface area contributed by atoms with Gasteiger partial charge in [0.2, 0.25) is 0 Å². The van der Waals surface area contributed by atoms with Gasteiger partial charge < -0.3 is 4.74 Å². The molecule has 0 saturated heterocycles. The van der Waals surface area contributed by atoms with Crippen LogP contribution >= 0.6 is 0 Å². The lowest BCUT2D eigenvalue weighted by atomic mass is 10.1. The molecule has 7 nitrogen and oxygen atoms in total. The van der Waals surface area contributed by atoms with Gasteiger partial charge in [-0.25, -0.2) is 5.43 Å². The monoisotopic (exact) mass is 349 g/mol. The maximum absolute atomic E-state index is 12.0. The molecule has 1 amide bonds. The molecular weight excluding hydrogens is 334 g/mol. The fourth-order valence-electron chi connectivity index (χ4n) is 2.44. The molecule has 0 fully saturated rings. The number of hydrazone groups is 1. The molecule has 3 aromatic carbocycles. The molecule has 3 aromatic rings. The summed E-state index contributed by atoms with van der Waals surface area (Å²) < 4.78 is 5.19. The van der Waals surface area contributed by atoms with Gasteiger partial charge in [0.15, 0.2) is 0 Å². The number of nitrogens with one attached hydrogen (secondary N) is 1. The van der Waals surface area contributed by atoms with Gasteiger partial charge in [0.25, 0.3) is 11.6 Å². The van der Waals surface area contributed by atoms with E-state index in [0.29, 0.717) is 0 Å². The average Bonchev–Trinajstić information content (AvgIpc) is 2.67. The number of fused-ring (bicyclic) bond motifs is 1. The number of carbonyl (C=O) groups is 1. The van der Waals surface area contributed by atoms with E-state index in [9.17, 15) is 14.9 Å². The molecule has 0 saturated carbocycles. The molecule has 0 aromatic heterocycles. The maximum Gasteiger partial charge on any atom is 0.271 e. The Balaban J connectivity index is 1.72. The summed E-state index contributed by atoms with van der Waals surface area (Å²) in [6.07, 6.45) is 1.51. The maximum atomic E-state index is 12.0. The average molecular weight is 349 g/mol. The van der Waals surface area contributed by atoms with E-state index < -0.39 is 10.8 Å². The Bertz CT molecular complexity index is 1010. The summed E-state index contributed by atoms with van der Waals surface area (Å²) in [6, 6.07) is 16.9. The van der Waals surface area contributed by atoms with E-state index in [4.69, 9.17) is 4.74 Å². The Morgan fingerprint density at radius 1 is 1.12 bits per heavy atom. The molecule has 0 atom stereocenters. The number of amides is 1. The first-order chi connectivity index (χ1) is 12.6. The van der Waals surface area contributed by atoms with Crippen molar-refractivity contribution >= 4 is 28.6 Å². The Hall–Kier alpha value is -3.74. The topological polar surface area (TPSA) is 93.8 Å². The first-order valence-electron chi connectivity index (χ1n) is 7.72. The number of nitrogens with zero attached hydrogens (tertiary/aromatic N) is 2. The normalized spacial score (nSPS) is 10.8. The number of nitro groups is 1. The molecule has 26 heavy (non-hydrogen) atoms. The zero-order valence-electron chi connectivity index (χ0n) is 13.9. The lowest BCUT2D eigenvalue weighted by Gasteiger charge is -2.03. The van der Waals surface area contributed by atoms with E-state index in [1.54, 1.807) is 7.11 Å². The molecule has 130 valence electrons. The van der Waals surface area contributed by atoms with Crippen molar-refractivity contribution < 1.29 is 14.5 Å². The van der Waals surface area contributed by atoms with Crippen molar-refractivity contribution in [3.05, 3.63) is 81.9 Å². The zero-order valence-corrected chi connectivity index (χ0v) is 13.9. The minimum absolute atomic E-state index is 0.147. The second-order valence-corrected chi connectivity index (χ2v) is 5.48. The smallest absolute Gasteiger partial charge is 0.271 e. The van der Waals surface area contributed by atoms with E-state index >= 15 is 0 Å². The number of ether oxygens (including phenoxy) is 1. The van der Waals surface area contributed by atoms with Gasteiger partial charge in [-0.1, -0.05) is 24.3 Å². The molecule has 0 aliphatic heterocycles. The van der Waals surface area contributed by atoms with Gasteiger partial charge in [-0.2, -0.15) is 5.10 Å². The summed E-state index contributed by atoms with van der Waals surface area (Å²) in [5.41, 5.74) is 3.20. The van der Waals surface area contributed by atoms with Crippen molar-refractivity contribution in [1.29, 1.82) is 0 Å². The lowest BCUT2D eigenvalue weighted by molar-refractivity contribution is -0.384. The fraction of sp³-hybridized carbons (Fsp3) is 0.0526. The third-order valence-electron chi connectivity index (χ3n) is 3.77. The third-order valence-corrected chi connectivity index (χ3v) is 3.77. The van der Waals surface area contributed by atoms with Gasteiger partial charge >= 0.3 is 0 Å². The van der Waals surface area contributed by atoms with Crippen LogP contribution in [0.3, 0.4) is 0 Å². The summed E-state index contributed by atoms with van der Waals surface area (Å²) in [5.74, 6) is 0.263. The second-order valence-electron chi connectivity index (χ2n) is 5.48. The van der Waals surface area contributed by atoms with Crippen molar-refractivity contribution in [2.24, 2.45) is 5.10 Å². The van der Waals surface area contributed by atoms with Gasteiger partial charge in [0.1, 0.15) is 5.75 Å². The number of benzene rings is 3. The molecule has 0 spiro atoms. The van der Waals surface area contributed by atoms with Crippen LogP contribution in [0.1, 0.15) is 15.9 Å². The molecule has 7 heteroatoms. The Kier molecular flexibility index (Phi) is 4.89. The van der Waals surface area contributed by atoms with E-state index in [-0.39, 0.29) is 11.3 Å². The van der Waals surface area contributed by atoms with Crippen molar-refractivity contribution in [3.63, 3.8) is 0 Å². The zero-order chi connectivity index (χ0) is 18.5. The molecular formula is C19H15N3O4. The first-order valence-corrected chi connectivity index (χ1v) is 7.72. The number of nitro benzene ring substituents is 1. The predicted octanol–water partition coefficient (Wildman–Crippen LogP) is 3.52. The molecule has 0 radical (unpaired) electrons. The van der Waals surface area contributed by atoms with Crippen LogP contribution in [0.15, 0.2) is 65.8 Å². The molecule has 0 aliphatic carbocycles. The highest BCUT2D eigenvalue weighted by molar-refractivity contribution is 5.96. The summed E-state index contributed by atoms with van der Waals surface area (Å²) >= 11 is 0. The molecule has 0 unspecified atom stereocenters. The van der Waals surface area contributed by atoms with Crippen LogP contribution in [-0.4, -0.2) is 24.2 Å². The van der Waals surface area contributed by atoms with E-state index in [0.717, 1.165) is 22.1 Å². The van der Waals surface area contributed by atoms with Crippen LogP contribution in [0.4, 0.5) is 5.69 Å². The summed E-state index contributed by atoms with van der Waals surface area (Å²) in [6.45, 7) is 0. The largest absolute Gasteiger partial charge is 0.497 e. The van der Waals surface area contributed by atoms with Gasteiger partial charge in [-0.05, 0) is 40.6 Å². The highest BCUT2D eigenvalue weighted by atomic mass is 16.6. The SMILES string of the molecule is COc1ccc2cc(/C=N\NC(=O)c3cccc([N+](=O)[O-])c3)ccc2c1. The van der Waals surface area contributed by atoms with Gasteiger partial charge in [0.05, 0.1) is 18.2 Å². The van der Waals surface area contributed by atoms with Crippen molar-refractivity contribution in [3.8, 4) is 5.75 Å². The van der Waals surface area contributed by atoms with E-state index in [1.165, 1.54) is 30.5 Å². The van der Waals surface area contributed by atoms with Crippen LogP contribution in [0, 0.1) is 10.1 Å². The first kappa shape index (κ1) is 17.1. The standard InChI is InChI=1S/C19H15N3O4/c1-26-18-8-7-14-9-13(5-6-15(14)11-18)12-20-21-19(23)16-3-2-4-17(10-16)22(24)25/h2-12H,1H3,(H,21,23)/b20-12-. The second kappa shape index (κ2) is 7.43. The van der Waals surface area contributed by atoms with Crippen molar-refractivity contribution in [2.45, 2.75) is 0 Å². The van der Waals surface area contributed by atoms with E-state index in [1.807, 2.05) is 36.4 Å².